The Morgan fingerprint density at radius 2 is 2.25 bits per heavy atom. The maximum absolute atomic E-state index is 5.95. The van der Waals surface area contributed by atoms with Gasteiger partial charge in [0.2, 0.25) is 0 Å². The summed E-state index contributed by atoms with van der Waals surface area (Å²) in [6, 6.07) is 9.66. The maximum Gasteiger partial charge on any atom is 0.191 e. The van der Waals surface area contributed by atoms with Crippen molar-refractivity contribution in [2.75, 3.05) is 13.6 Å². The number of hydrogen-bond acceptors (Lipinski definition) is 3. The number of aromatic nitrogens is 1. The molecule has 0 aliphatic heterocycles. The van der Waals surface area contributed by atoms with E-state index < -0.39 is 0 Å². The number of rotatable bonds is 5. The number of halogens is 1. The highest BCUT2D eigenvalue weighted by Crippen LogP contribution is 2.10. The molecular formula is C14H17ClN4O. The third-order valence-corrected chi connectivity index (χ3v) is 2.98. The number of guanidine groups is 1. The zero-order chi connectivity index (χ0) is 14.2. The van der Waals surface area contributed by atoms with Gasteiger partial charge in [0.15, 0.2) is 5.96 Å². The van der Waals surface area contributed by atoms with Gasteiger partial charge in [-0.1, -0.05) is 28.9 Å². The molecule has 5 nitrogen and oxygen atoms in total. The van der Waals surface area contributed by atoms with Gasteiger partial charge in [0, 0.05) is 24.7 Å². The molecule has 0 amide bonds. The van der Waals surface area contributed by atoms with Crippen LogP contribution in [-0.2, 0) is 13.0 Å². The fourth-order valence-corrected chi connectivity index (χ4v) is 1.95. The summed E-state index contributed by atoms with van der Waals surface area (Å²) in [7, 11) is 1.73. The Labute approximate surface area is 123 Å². The fourth-order valence-electron chi connectivity index (χ4n) is 1.74. The highest BCUT2D eigenvalue weighted by Gasteiger charge is 2.00. The Bertz CT molecular complexity index is 554. The van der Waals surface area contributed by atoms with Crippen LogP contribution < -0.4 is 10.6 Å². The molecule has 0 unspecified atom stereocenters. The van der Waals surface area contributed by atoms with Crippen LogP contribution in [0.3, 0.4) is 0 Å². The minimum absolute atomic E-state index is 0.577. The van der Waals surface area contributed by atoms with Crippen molar-refractivity contribution >= 4 is 17.6 Å². The standard InChI is InChI=1S/C14H17ClN4O/c1-16-14(18-10-13-6-8-20-19-13)17-7-5-11-3-2-4-12(15)9-11/h2-4,6,8-9H,5,7,10H2,1H3,(H2,16,17,18). The van der Waals surface area contributed by atoms with Gasteiger partial charge in [-0.2, -0.15) is 0 Å². The van der Waals surface area contributed by atoms with Crippen molar-refractivity contribution in [3.63, 3.8) is 0 Å². The lowest BCUT2D eigenvalue weighted by Crippen LogP contribution is -2.37. The summed E-state index contributed by atoms with van der Waals surface area (Å²) in [6.45, 7) is 1.35. The van der Waals surface area contributed by atoms with Crippen molar-refractivity contribution in [1.29, 1.82) is 0 Å². The molecule has 0 saturated carbocycles. The topological polar surface area (TPSA) is 62.5 Å². The monoisotopic (exact) mass is 292 g/mol. The van der Waals surface area contributed by atoms with E-state index in [4.69, 9.17) is 16.1 Å². The van der Waals surface area contributed by atoms with Crippen LogP contribution >= 0.6 is 11.6 Å². The third kappa shape index (κ3) is 4.59. The summed E-state index contributed by atoms with van der Waals surface area (Å²) in [6.07, 6.45) is 2.43. The molecule has 0 bridgehead atoms. The molecule has 1 aromatic heterocycles. The van der Waals surface area contributed by atoms with Gasteiger partial charge in [-0.3, -0.25) is 4.99 Å². The van der Waals surface area contributed by atoms with Crippen molar-refractivity contribution in [3.8, 4) is 0 Å². The molecule has 20 heavy (non-hydrogen) atoms. The highest BCUT2D eigenvalue weighted by atomic mass is 35.5. The van der Waals surface area contributed by atoms with Crippen LogP contribution in [0.25, 0.3) is 0 Å². The van der Waals surface area contributed by atoms with Crippen LogP contribution in [0.15, 0.2) is 46.1 Å². The molecule has 1 heterocycles. The predicted octanol–water partition coefficient (Wildman–Crippen LogP) is 2.24. The first-order valence-electron chi connectivity index (χ1n) is 6.36. The van der Waals surface area contributed by atoms with Gasteiger partial charge >= 0.3 is 0 Å². The second-order valence-electron chi connectivity index (χ2n) is 4.22. The largest absolute Gasteiger partial charge is 0.364 e. The Balaban J connectivity index is 1.74. The van der Waals surface area contributed by atoms with Gasteiger partial charge in [0.1, 0.15) is 12.0 Å². The summed E-state index contributed by atoms with van der Waals surface area (Å²) in [5.41, 5.74) is 2.03. The zero-order valence-corrected chi connectivity index (χ0v) is 12.0. The SMILES string of the molecule is CN=C(NCCc1cccc(Cl)c1)NCc1ccon1. The van der Waals surface area contributed by atoms with Crippen LogP contribution in [-0.4, -0.2) is 24.7 Å². The summed E-state index contributed by atoms with van der Waals surface area (Å²) >= 11 is 5.95. The molecule has 0 aliphatic rings. The first-order chi connectivity index (χ1) is 9.78. The van der Waals surface area contributed by atoms with Crippen LogP contribution in [0, 0.1) is 0 Å². The van der Waals surface area contributed by atoms with Crippen molar-refractivity contribution in [3.05, 3.63) is 52.9 Å². The maximum atomic E-state index is 5.95. The number of nitrogens with one attached hydrogen (secondary N) is 2. The predicted molar refractivity (Wildman–Crippen MR) is 79.9 cm³/mol. The Hall–Kier alpha value is -2.01. The van der Waals surface area contributed by atoms with E-state index in [2.05, 4.69) is 26.8 Å². The van der Waals surface area contributed by atoms with Gasteiger partial charge in [-0.05, 0) is 24.1 Å². The third-order valence-electron chi connectivity index (χ3n) is 2.75. The molecule has 0 atom stereocenters. The summed E-state index contributed by atoms with van der Waals surface area (Å²) in [4.78, 5) is 4.15. The molecular weight excluding hydrogens is 276 g/mol. The van der Waals surface area contributed by atoms with Gasteiger partial charge in [0.05, 0.1) is 6.54 Å². The summed E-state index contributed by atoms with van der Waals surface area (Å²) in [5, 5.41) is 11.0. The average molecular weight is 293 g/mol. The molecule has 0 spiro atoms. The van der Waals surface area contributed by atoms with Gasteiger partial charge in [-0.25, -0.2) is 0 Å². The van der Waals surface area contributed by atoms with Crippen LogP contribution in [0.2, 0.25) is 5.02 Å². The zero-order valence-electron chi connectivity index (χ0n) is 11.3. The van der Waals surface area contributed by atoms with E-state index in [9.17, 15) is 0 Å². The normalized spacial score (nSPS) is 11.4. The van der Waals surface area contributed by atoms with Crippen molar-refractivity contribution in [2.45, 2.75) is 13.0 Å². The van der Waals surface area contributed by atoms with E-state index in [1.165, 1.54) is 5.56 Å². The fraction of sp³-hybridized carbons (Fsp3) is 0.286. The van der Waals surface area contributed by atoms with E-state index in [0.29, 0.717) is 6.54 Å². The Morgan fingerprint density at radius 3 is 2.95 bits per heavy atom. The smallest absolute Gasteiger partial charge is 0.191 e. The van der Waals surface area contributed by atoms with Crippen molar-refractivity contribution in [1.82, 2.24) is 15.8 Å². The quantitative estimate of drug-likeness (QED) is 0.655. The molecule has 2 N–H and O–H groups in total. The lowest BCUT2D eigenvalue weighted by Gasteiger charge is -2.10. The molecule has 0 saturated heterocycles. The molecule has 6 heteroatoms. The number of aliphatic imine (C=N–C) groups is 1. The van der Waals surface area contributed by atoms with E-state index in [-0.39, 0.29) is 0 Å². The lowest BCUT2D eigenvalue weighted by molar-refractivity contribution is 0.410. The first-order valence-corrected chi connectivity index (χ1v) is 6.74. The molecule has 0 aliphatic carbocycles. The minimum atomic E-state index is 0.577. The van der Waals surface area contributed by atoms with Gasteiger partial charge in [0.25, 0.3) is 0 Å². The first kappa shape index (κ1) is 14.4. The second-order valence-corrected chi connectivity index (χ2v) is 4.66. The van der Waals surface area contributed by atoms with Crippen LogP contribution in [0.1, 0.15) is 11.3 Å². The minimum Gasteiger partial charge on any atom is -0.364 e. The average Bonchev–Trinajstić information content (AvgIpc) is 2.96. The lowest BCUT2D eigenvalue weighted by atomic mass is 10.1. The van der Waals surface area contributed by atoms with Crippen molar-refractivity contribution in [2.24, 2.45) is 4.99 Å². The van der Waals surface area contributed by atoms with E-state index in [1.54, 1.807) is 13.3 Å². The molecule has 0 fully saturated rings. The number of benzene rings is 1. The molecule has 106 valence electrons. The van der Waals surface area contributed by atoms with E-state index in [0.717, 1.165) is 29.6 Å². The molecule has 2 aromatic rings. The van der Waals surface area contributed by atoms with Gasteiger partial charge < -0.3 is 15.2 Å². The van der Waals surface area contributed by atoms with Gasteiger partial charge in [-0.15, -0.1) is 0 Å². The molecule has 2 rings (SSSR count). The number of nitrogens with zero attached hydrogens (tertiary/aromatic N) is 2. The summed E-state index contributed by atoms with van der Waals surface area (Å²) in [5.74, 6) is 0.732. The Morgan fingerprint density at radius 1 is 1.35 bits per heavy atom. The molecule has 0 radical (unpaired) electrons. The van der Waals surface area contributed by atoms with Crippen molar-refractivity contribution < 1.29 is 4.52 Å². The summed E-state index contributed by atoms with van der Waals surface area (Å²) < 4.78 is 4.77. The van der Waals surface area contributed by atoms with Crippen LogP contribution in [0.5, 0.6) is 0 Å². The van der Waals surface area contributed by atoms with E-state index >= 15 is 0 Å². The highest BCUT2D eigenvalue weighted by molar-refractivity contribution is 6.30. The Kier molecular flexibility index (Phi) is 5.43. The van der Waals surface area contributed by atoms with Crippen LogP contribution in [0.4, 0.5) is 0 Å². The number of hydrogen-bond donors (Lipinski definition) is 2. The second kappa shape index (κ2) is 7.55. The van der Waals surface area contributed by atoms with E-state index in [1.807, 2.05) is 24.3 Å². The molecule has 1 aromatic carbocycles.